The van der Waals surface area contributed by atoms with Crippen LogP contribution in [0.25, 0.3) is 0 Å². The van der Waals surface area contributed by atoms with Crippen molar-refractivity contribution in [2.75, 3.05) is 13.2 Å². The fourth-order valence-corrected chi connectivity index (χ4v) is 4.13. The zero-order valence-electron chi connectivity index (χ0n) is 10.2. The summed E-state index contributed by atoms with van der Waals surface area (Å²) in [4.78, 5) is 12.0. The molecule has 0 heterocycles. The van der Waals surface area contributed by atoms with Crippen LogP contribution in [-0.2, 0) is 4.79 Å². The summed E-state index contributed by atoms with van der Waals surface area (Å²) >= 11 is 0. The lowest BCUT2D eigenvalue weighted by Crippen LogP contribution is -2.44. The molecule has 0 saturated heterocycles. The molecule has 1 amide bonds. The molecule has 5 atom stereocenters. The normalized spacial score (nSPS) is 45.2. The minimum Gasteiger partial charge on any atom is -0.393 e. The maximum atomic E-state index is 12.0. The summed E-state index contributed by atoms with van der Waals surface area (Å²) in [6.45, 7) is 1.36. The minimum atomic E-state index is -1.20. The number of carbonyl (C=O) groups excluding carboxylic acids is 1. The number of nitrogens with one attached hydrogen (secondary N) is 1. The number of fused-ring (bicyclic) bond motifs is 5. The average Bonchev–Trinajstić information content (AvgIpc) is 2.75. The molecular formula is C13H21NO3. The second-order valence-electron chi connectivity index (χ2n) is 6.39. The summed E-state index contributed by atoms with van der Waals surface area (Å²) < 4.78 is 0. The maximum Gasteiger partial charge on any atom is 0.223 e. The molecule has 3 saturated carbocycles. The van der Waals surface area contributed by atoms with Gasteiger partial charge in [-0.3, -0.25) is 4.79 Å². The van der Waals surface area contributed by atoms with Crippen LogP contribution in [0, 0.1) is 29.6 Å². The number of hydrogen-bond acceptors (Lipinski definition) is 3. The van der Waals surface area contributed by atoms with Crippen molar-refractivity contribution in [1.82, 2.24) is 5.32 Å². The van der Waals surface area contributed by atoms with Gasteiger partial charge in [-0.15, -0.1) is 0 Å². The first-order chi connectivity index (χ1) is 8.03. The van der Waals surface area contributed by atoms with E-state index < -0.39 is 5.60 Å². The van der Waals surface area contributed by atoms with Crippen molar-refractivity contribution in [3.8, 4) is 0 Å². The molecule has 0 aliphatic heterocycles. The monoisotopic (exact) mass is 239 g/mol. The Bertz CT molecular complexity index is 326. The Balaban J connectivity index is 1.53. The van der Waals surface area contributed by atoms with Gasteiger partial charge in [-0.25, -0.2) is 0 Å². The third-order valence-corrected chi connectivity index (χ3v) is 5.02. The van der Waals surface area contributed by atoms with Crippen molar-refractivity contribution >= 4 is 5.91 Å². The van der Waals surface area contributed by atoms with Crippen molar-refractivity contribution < 1.29 is 15.0 Å². The van der Waals surface area contributed by atoms with Gasteiger partial charge in [0.05, 0.1) is 6.61 Å². The summed E-state index contributed by atoms with van der Waals surface area (Å²) in [5.74, 6) is 3.14. The van der Waals surface area contributed by atoms with Crippen molar-refractivity contribution in [3.63, 3.8) is 0 Å². The van der Waals surface area contributed by atoms with Gasteiger partial charge < -0.3 is 15.5 Å². The van der Waals surface area contributed by atoms with Crippen LogP contribution in [0.1, 0.15) is 26.2 Å². The highest BCUT2D eigenvalue weighted by Crippen LogP contribution is 2.69. The molecule has 4 heteroatoms. The van der Waals surface area contributed by atoms with E-state index in [1.165, 1.54) is 26.2 Å². The molecule has 3 aliphatic rings. The van der Waals surface area contributed by atoms with Crippen molar-refractivity contribution in [3.05, 3.63) is 0 Å². The standard InChI is InChI=1S/C13H21NO3/c1-13(17,6-15)5-14-12(16)11-9-7-2-3-8(4-7)10(9)11/h7-11,15,17H,2-6H2,1H3,(H,14,16). The predicted molar refractivity (Wildman–Crippen MR) is 62.0 cm³/mol. The summed E-state index contributed by atoms with van der Waals surface area (Å²) in [6.07, 6.45) is 3.96. The molecule has 3 aliphatic carbocycles. The Hall–Kier alpha value is -0.610. The Labute approximate surface area is 101 Å². The Morgan fingerprint density at radius 3 is 2.47 bits per heavy atom. The molecule has 0 aromatic rings. The fourth-order valence-electron chi connectivity index (χ4n) is 4.13. The zero-order valence-corrected chi connectivity index (χ0v) is 10.2. The van der Waals surface area contributed by atoms with Gasteiger partial charge in [0.2, 0.25) is 5.91 Å². The first kappa shape index (κ1) is 11.5. The number of aliphatic hydroxyl groups is 2. The van der Waals surface area contributed by atoms with Crippen molar-refractivity contribution in [2.24, 2.45) is 29.6 Å². The second-order valence-corrected chi connectivity index (χ2v) is 6.39. The molecule has 2 bridgehead atoms. The van der Waals surface area contributed by atoms with E-state index in [9.17, 15) is 9.90 Å². The van der Waals surface area contributed by atoms with Gasteiger partial charge in [0.15, 0.2) is 0 Å². The van der Waals surface area contributed by atoms with Gasteiger partial charge in [-0.05, 0) is 49.9 Å². The van der Waals surface area contributed by atoms with Gasteiger partial charge in [-0.1, -0.05) is 0 Å². The second kappa shape index (κ2) is 3.69. The predicted octanol–water partition coefficient (Wildman–Crippen LogP) is 0.138. The molecule has 4 nitrogen and oxygen atoms in total. The largest absolute Gasteiger partial charge is 0.393 e. The fraction of sp³-hybridized carbons (Fsp3) is 0.923. The lowest BCUT2D eigenvalue weighted by molar-refractivity contribution is -0.124. The quantitative estimate of drug-likeness (QED) is 0.653. The molecule has 0 spiro atoms. The zero-order chi connectivity index (χ0) is 12.2. The summed E-state index contributed by atoms with van der Waals surface area (Å²) in [5.41, 5.74) is -1.20. The molecule has 5 unspecified atom stereocenters. The first-order valence-electron chi connectivity index (χ1n) is 6.64. The number of rotatable bonds is 4. The van der Waals surface area contributed by atoms with Gasteiger partial charge in [-0.2, -0.15) is 0 Å². The van der Waals surface area contributed by atoms with Crippen molar-refractivity contribution in [2.45, 2.75) is 31.8 Å². The topological polar surface area (TPSA) is 69.6 Å². The number of aliphatic hydroxyl groups excluding tert-OH is 1. The van der Waals surface area contributed by atoms with E-state index in [-0.39, 0.29) is 25.0 Å². The van der Waals surface area contributed by atoms with Crippen LogP contribution in [0.4, 0.5) is 0 Å². The van der Waals surface area contributed by atoms with E-state index in [2.05, 4.69) is 5.32 Å². The number of amides is 1. The molecule has 96 valence electrons. The minimum absolute atomic E-state index is 0.0883. The van der Waals surface area contributed by atoms with E-state index in [1.54, 1.807) is 0 Å². The number of hydrogen-bond donors (Lipinski definition) is 3. The van der Waals surface area contributed by atoms with Gasteiger partial charge in [0, 0.05) is 12.5 Å². The Morgan fingerprint density at radius 2 is 1.94 bits per heavy atom. The molecule has 3 N–H and O–H groups in total. The average molecular weight is 239 g/mol. The molecule has 0 radical (unpaired) electrons. The van der Waals surface area contributed by atoms with Crippen LogP contribution in [0.2, 0.25) is 0 Å². The Kier molecular flexibility index (Phi) is 2.49. The van der Waals surface area contributed by atoms with E-state index in [0.29, 0.717) is 11.8 Å². The highest BCUT2D eigenvalue weighted by atomic mass is 16.3. The van der Waals surface area contributed by atoms with E-state index in [0.717, 1.165) is 11.8 Å². The van der Waals surface area contributed by atoms with Crippen LogP contribution in [-0.4, -0.2) is 34.9 Å². The smallest absolute Gasteiger partial charge is 0.223 e. The third kappa shape index (κ3) is 1.78. The van der Waals surface area contributed by atoms with Gasteiger partial charge >= 0.3 is 0 Å². The molecule has 3 rings (SSSR count). The molecular weight excluding hydrogens is 218 g/mol. The van der Waals surface area contributed by atoms with Crippen LogP contribution in [0.15, 0.2) is 0 Å². The lowest BCUT2D eigenvalue weighted by Gasteiger charge is -2.21. The maximum absolute atomic E-state index is 12.0. The first-order valence-corrected chi connectivity index (χ1v) is 6.64. The highest BCUT2D eigenvalue weighted by Gasteiger charge is 2.67. The Morgan fingerprint density at radius 1 is 1.35 bits per heavy atom. The van der Waals surface area contributed by atoms with Crippen molar-refractivity contribution in [1.29, 1.82) is 0 Å². The van der Waals surface area contributed by atoms with Crippen LogP contribution < -0.4 is 5.32 Å². The molecule has 0 aromatic heterocycles. The van der Waals surface area contributed by atoms with Crippen LogP contribution in [0.3, 0.4) is 0 Å². The van der Waals surface area contributed by atoms with Gasteiger partial charge in [0.25, 0.3) is 0 Å². The van der Waals surface area contributed by atoms with E-state index in [1.807, 2.05) is 0 Å². The molecule has 3 fully saturated rings. The third-order valence-electron chi connectivity index (χ3n) is 5.02. The number of carbonyl (C=O) groups is 1. The lowest BCUT2D eigenvalue weighted by atomic mass is 10.0. The molecule has 0 aromatic carbocycles. The van der Waals surface area contributed by atoms with E-state index >= 15 is 0 Å². The van der Waals surface area contributed by atoms with Gasteiger partial charge in [0.1, 0.15) is 5.60 Å². The highest BCUT2D eigenvalue weighted by molar-refractivity contribution is 5.82. The summed E-state index contributed by atoms with van der Waals surface area (Å²) in [7, 11) is 0. The molecule has 17 heavy (non-hydrogen) atoms. The van der Waals surface area contributed by atoms with E-state index in [4.69, 9.17) is 5.11 Å². The SMILES string of the molecule is CC(O)(CO)CNC(=O)C1C2C3CCC(C3)C12. The van der Waals surface area contributed by atoms with Crippen LogP contribution in [0.5, 0.6) is 0 Å². The van der Waals surface area contributed by atoms with Crippen LogP contribution >= 0.6 is 0 Å². The summed E-state index contributed by atoms with van der Waals surface area (Å²) in [5, 5.41) is 21.3. The summed E-state index contributed by atoms with van der Waals surface area (Å²) in [6, 6.07) is 0.